The van der Waals surface area contributed by atoms with E-state index >= 15 is 0 Å². The van der Waals surface area contributed by atoms with Crippen molar-refractivity contribution in [3.05, 3.63) is 65.7 Å². The van der Waals surface area contributed by atoms with E-state index in [0.717, 1.165) is 6.42 Å². The number of esters is 1. The molecule has 1 aliphatic heterocycles. The van der Waals surface area contributed by atoms with Crippen molar-refractivity contribution in [1.29, 1.82) is 0 Å². The normalized spacial score (nSPS) is 13.3. The zero-order valence-corrected chi connectivity index (χ0v) is 15.2. The summed E-state index contributed by atoms with van der Waals surface area (Å²) < 4.78 is 4.97. The largest absolute Gasteiger partial charge is 0.456 e. The molecule has 28 heavy (non-hydrogen) atoms. The lowest BCUT2D eigenvalue weighted by Crippen LogP contribution is -2.32. The van der Waals surface area contributed by atoms with E-state index in [1.54, 1.807) is 48.5 Å². The standard InChI is InChI=1S/C21H20N2O5/c24-18(14-28-20(26)13-23-12-4-7-19(23)25)15-8-10-17(11-9-15)22-21(27)16-5-2-1-3-6-16/h1-3,5-6,8-11H,4,7,12-14H2,(H,22,27). The van der Waals surface area contributed by atoms with Gasteiger partial charge in [-0.05, 0) is 42.8 Å². The molecule has 1 fully saturated rings. The van der Waals surface area contributed by atoms with Crippen molar-refractivity contribution in [1.82, 2.24) is 4.90 Å². The number of hydrogen-bond acceptors (Lipinski definition) is 5. The maximum absolute atomic E-state index is 12.2. The molecule has 1 saturated heterocycles. The third-order valence-corrected chi connectivity index (χ3v) is 4.36. The number of rotatable bonds is 7. The summed E-state index contributed by atoms with van der Waals surface area (Å²) in [5.74, 6) is -1.28. The van der Waals surface area contributed by atoms with Crippen LogP contribution in [0.3, 0.4) is 0 Å². The van der Waals surface area contributed by atoms with Gasteiger partial charge in [-0.25, -0.2) is 0 Å². The van der Waals surface area contributed by atoms with Crippen LogP contribution in [0.2, 0.25) is 0 Å². The van der Waals surface area contributed by atoms with Crippen LogP contribution in [0.4, 0.5) is 5.69 Å². The number of nitrogens with one attached hydrogen (secondary N) is 1. The maximum atomic E-state index is 12.2. The van der Waals surface area contributed by atoms with E-state index in [9.17, 15) is 19.2 Å². The van der Waals surface area contributed by atoms with Gasteiger partial charge in [-0.2, -0.15) is 0 Å². The Labute approximate surface area is 162 Å². The Balaban J connectivity index is 1.48. The van der Waals surface area contributed by atoms with Gasteiger partial charge in [0.25, 0.3) is 5.91 Å². The van der Waals surface area contributed by atoms with Crippen molar-refractivity contribution >= 4 is 29.3 Å². The van der Waals surface area contributed by atoms with Gasteiger partial charge < -0.3 is 15.0 Å². The molecule has 1 aliphatic rings. The van der Waals surface area contributed by atoms with Crippen LogP contribution >= 0.6 is 0 Å². The number of amides is 2. The molecule has 0 bridgehead atoms. The van der Waals surface area contributed by atoms with E-state index in [-0.39, 0.29) is 24.1 Å². The zero-order valence-electron chi connectivity index (χ0n) is 15.2. The van der Waals surface area contributed by atoms with Crippen LogP contribution < -0.4 is 5.32 Å². The molecule has 0 spiro atoms. The molecule has 144 valence electrons. The molecule has 2 aromatic rings. The fourth-order valence-electron chi connectivity index (χ4n) is 2.83. The molecule has 1 N–H and O–H groups in total. The van der Waals surface area contributed by atoms with Crippen LogP contribution in [-0.2, 0) is 14.3 Å². The molecule has 1 heterocycles. The zero-order chi connectivity index (χ0) is 19.9. The third-order valence-electron chi connectivity index (χ3n) is 4.36. The molecule has 7 heteroatoms. The highest BCUT2D eigenvalue weighted by atomic mass is 16.5. The Morgan fingerprint density at radius 3 is 2.32 bits per heavy atom. The van der Waals surface area contributed by atoms with E-state index in [2.05, 4.69) is 5.32 Å². The Hall–Kier alpha value is -3.48. The minimum Gasteiger partial charge on any atom is -0.456 e. The van der Waals surface area contributed by atoms with Crippen molar-refractivity contribution in [2.24, 2.45) is 0 Å². The summed E-state index contributed by atoms with van der Waals surface area (Å²) >= 11 is 0. The summed E-state index contributed by atoms with van der Waals surface area (Å²) in [6, 6.07) is 15.1. The maximum Gasteiger partial charge on any atom is 0.326 e. The summed E-state index contributed by atoms with van der Waals surface area (Å²) in [5.41, 5.74) is 1.45. The highest BCUT2D eigenvalue weighted by Gasteiger charge is 2.23. The van der Waals surface area contributed by atoms with E-state index in [1.165, 1.54) is 4.90 Å². The van der Waals surface area contributed by atoms with Gasteiger partial charge in [0.05, 0.1) is 0 Å². The first-order valence-electron chi connectivity index (χ1n) is 8.96. The molecule has 2 aromatic carbocycles. The number of carbonyl (C=O) groups is 4. The van der Waals surface area contributed by atoms with Crippen LogP contribution in [-0.4, -0.2) is 48.2 Å². The number of hydrogen-bond donors (Lipinski definition) is 1. The number of ketones is 1. The average molecular weight is 380 g/mol. The molecule has 7 nitrogen and oxygen atoms in total. The number of nitrogens with zero attached hydrogens (tertiary/aromatic N) is 1. The number of carbonyl (C=O) groups excluding carboxylic acids is 4. The van der Waals surface area contributed by atoms with Gasteiger partial charge >= 0.3 is 5.97 Å². The number of likely N-dealkylation sites (tertiary alicyclic amines) is 1. The van der Waals surface area contributed by atoms with Crippen LogP contribution in [0.15, 0.2) is 54.6 Å². The first-order chi connectivity index (χ1) is 13.5. The molecule has 2 amide bonds. The van der Waals surface area contributed by atoms with E-state index in [4.69, 9.17) is 4.74 Å². The van der Waals surface area contributed by atoms with E-state index in [1.807, 2.05) is 6.07 Å². The molecule has 0 aliphatic carbocycles. The number of benzene rings is 2. The first-order valence-corrected chi connectivity index (χ1v) is 8.96. The first kappa shape index (κ1) is 19.3. The Bertz CT molecular complexity index is 877. The van der Waals surface area contributed by atoms with Crippen molar-refractivity contribution in [3.8, 4) is 0 Å². The molecule has 0 atom stereocenters. The molecule has 0 aromatic heterocycles. The summed E-state index contributed by atoms with van der Waals surface area (Å²) in [5, 5.41) is 2.75. The monoisotopic (exact) mass is 380 g/mol. The topological polar surface area (TPSA) is 92.8 Å². The van der Waals surface area contributed by atoms with Crippen LogP contribution in [0.25, 0.3) is 0 Å². The summed E-state index contributed by atoms with van der Waals surface area (Å²) in [4.78, 5) is 49.0. The van der Waals surface area contributed by atoms with Gasteiger partial charge in [-0.1, -0.05) is 18.2 Å². The Morgan fingerprint density at radius 2 is 1.68 bits per heavy atom. The number of ether oxygens (including phenoxy) is 1. The quantitative estimate of drug-likeness (QED) is 0.588. The molecular weight excluding hydrogens is 360 g/mol. The SMILES string of the molecule is O=C(CN1CCCC1=O)OCC(=O)c1ccc(NC(=O)c2ccccc2)cc1. The summed E-state index contributed by atoms with van der Waals surface area (Å²) in [6.07, 6.45) is 1.18. The molecule has 0 unspecified atom stereocenters. The minimum absolute atomic E-state index is 0.0728. The van der Waals surface area contributed by atoms with Gasteiger partial charge in [0.2, 0.25) is 5.91 Å². The highest BCUT2D eigenvalue weighted by molar-refractivity contribution is 6.04. The predicted octanol–water partition coefficient (Wildman–Crippen LogP) is 2.29. The number of Topliss-reactive ketones (excluding diaryl/α,β-unsaturated/α-hetero) is 1. The highest BCUT2D eigenvalue weighted by Crippen LogP contribution is 2.13. The van der Waals surface area contributed by atoms with Crippen molar-refractivity contribution in [2.45, 2.75) is 12.8 Å². The molecule has 3 rings (SSSR count). The third kappa shape index (κ3) is 5.03. The van der Waals surface area contributed by atoms with Gasteiger partial charge in [0.15, 0.2) is 12.4 Å². The second-order valence-corrected chi connectivity index (χ2v) is 6.40. The fourth-order valence-corrected chi connectivity index (χ4v) is 2.83. The fraction of sp³-hybridized carbons (Fsp3) is 0.238. The Morgan fingerprint density at radius 1 is 0.964 bits per heavy atom. The molecule has 0 saturated carbocycles. The summed E-state index contributed by atoms with van der Waals surface area (Å²) in [7, 11) is 0. The van der Waals surface area contributed by atoms with Crippen LogP contribution in [0.5, 0.6) is 0 Å². The molecular formula is C21H20N2O5. The van der Waals surface area contributed by atoms with E-state index in [0.29, 0.717) is 29.8 Å². The van der Waals surface area contributed by atoms with Gasteiger partial charge in [-0.15, -0.1) is 0 Å². The van der Waals surface area contributed by atoms with Gasteiger partial charge in [0, 0.05) is 29.8 Å². The lowest BCUT2D eigenvalue weighted by atomic mass is 10.1. The van der Waals surface area contributed by atoms with Crippen molar-refractivity contribution in [2.75, 3.05) is 25.0 Å². The van der Waals surface area contributed by atoms with E-state index < -0.39 is 12.6 Å². The summed E-state index contributed by atoms with van der Waals surface area (Å²) in [6.45, 7) is 0.0190. The van der Waals surface area contributed by atoms with Crippen LogP contribution in [0.1, 0.15) is 33.6 Å². The molecule has 0 radical (unpaired) electrons. The Kier molecular flexibility index (Phi) is 6.16. The van der Waals surface area contributed by atoms with Gasteiger partial charge in [-0.3, -0.25) is 19.2 Å². The average Bonchev–Trinajstić information content (AvgIpc) is 3.11. The lowest BCUT2D eigenvalue weighted by Gasteiger charge is -2.14. The van der Waals surface area contributed by atoms with Crippen molar-refractivity contribution in [3.63, 3.8) is 0 Å². The lowest BCUT2D eigenvalue weighted by molar-refractivity contribution is -0.147. The van der Waals surface area contributed by atoms with Crippen molar-refractivity contribution < 1.29 is 23.9 Å². The van der Waals surface area contributed by atoms with Gasteiger partial charge in [0.1, 0.15) is 6.54 Å². The number of anilines is 1. The second kappa shape index (κ2) is 8.94. The second-order valence-electron chi connectivity index (χ2n) is 6.40. The van der Waals surface area contributed by atoms with Crippen LogP contribution in [0, 0.1) is 0 Å². The minimum atomic E-state index is -0.602. The predicted molar refractivity (Wildman–Crippen MR) is 102 cm³/mol. The smallest absolute Gasteiger partial charge is 0.326 e.